The number of nitrogens with zero attached hydrogens (tertiary/aromatic N) is 1. The number of thioether (sulfide) groups is 2. The third-order valence-corrected chi connectivity index (χ3v) is 14.4. The maximum atomic E-state index is 2.68. The Labute approximate surface area is 283 Å². The minimum absolute atomic E-state index is 0.00847. The molecular weight excluding hydrogens is 595 g/mol. The number of allylic oxidation sites excluding steroid dienone is 10. The second kappa shape index (κ2) is 11.9. The lowest BCUT2D eigenvalue weighted by Crippen LogP contribution is -2.58. The molecule has 4 aliphatic carbocycles. The van der Waals surface area contributed by atoms with E-state index in [1.54, 1.807) is 22.3 Å². The lowest BCUT2D eigenvalue weighted by Gasteiger charge is -2.60. The Morgan fingerprint density at radius 3 is 2.72 bits per heavy atom. The molecule has 1 spiro atoms. The summed E-state index contributed by atoms with van der Waals surface area (Å²) in [6.45, 7) is 2.26. The van der Waals surface area contributed by atoms with Gasteiger partial charge in [-0.2, -0.15) is 0 Å². The van der Waals surface area contributed by atoms with Crippen LogP contribution < -0.4 is 0 Å². The maximum Gasteiger partial charge on any atom is 0.0350 e. The number of benzene rings is 2. The van der Waals surface area contributed by atoms with Crippen LogP contribution in [0.4, 0.5) is 0 Å². The van der Waals surface area contributed by atoms with Crippen LogP contribution in [0.15, 0.2) is 148 Å². The highest BCUT2D eigenvalue weighted by Crippen LogP contribution is 2.66. The molecule has 6 atom stereocenters. The molecule has 46 heavy (non-hydrogen) atoms. The quantitative estimate of drug-likeness (QED) is 0.308. The smallest absolute Gasteiger partial charge is 0.0350 e. The van der Waals surface area contributed by atoms with E-state index < -0.39 is 0 Å². The minimum Gasteiger partial charge on any atom is -0.302 e. The molecule has 3 heteroatoms. The van der Waals surface area contributed by atoms with E-state index in [2.05, 4.69) is 151 Å². The summed E-state index contributed by atoms with van der Waals surface area (Å²) in [7, 11) is 2.26. The molecule has 5 unspecified atom stereocenters. The molecule has 1 saturated heterocycles. The molecule has 1 fully saturated rings. The highest BCUT2D eigenvalue weighted by molar-refractivity contribution is 8.01. The van der Waals surface area contributed by atoms with E-state index in [9.17, 15) is 0 Å². The topological polar surface area (TPSA) is 3.24 Å². The molecule has 9 rings (SSSR count). The first kappa shape index (κ1) is 29.2. The summed E-state index contributed by atoms with van der Waals surface area (Å²) in [4.78, 5) is 3.98. The van der Waals surface area contributed by atoms with Gasteiger partial charge in [0.15, 0.2) is 0 Å². The molecule has 0 amide bonds. The van der Waals surface area contributed by atoms with Gasteiger partial charge in [0, 0.05) is 45.1 Å². The number of fused-ring (bicyclic) bond motifs is 8. The van der Waals surface area contributed by atoms with Crippen molar-refractivity contribution < 1.29 is 0 Å². The monoisotopic (exact) mass is 637 g/mol. The standard InChI is InChI=1S/C43H43NS2/c1-44-24-10-15-34(28-44)31-14-9-13-30(25-31)33-21-23-38-42(27-33)46-40-19-8-6-17-36(40)43(38)35-16-5-7-18-39(35)45-41-26-32(20-22-37(41)43)29-11-3-2-4-12-29/h2-5,7-8,11-13,15-16,19-23,25-27,36,38-40,42H,6,9-10,14,17-18,24,28H2,1H3/t36?,38?,39?,40?,42?,43-/m0/s1. The second-order valence-electron chi connectivity index (χ2n) is 14.1. The molecule has 232 valence electrons. The Kier molecular flexibility index (Phi) is 7.56. The van der Waals surface area contributed by atoms with E-state index >= 15 is 0 Å². The van der Waals surface area contributed by atoms with Crippen molar-refractivity contribution in [2.45, 2.75) is 64.6 Å². The van der Waals surface area contributed by atoms with Crippen molar-refractivity contribution in [1.29, 1.82) is 0 Å². The predicted molar refractivity (Wildman–Crippen MR) is 198 cm³/mol. The number of hydrogen-bond acceptors (Lipinski definition) is 3. The van der Waals surface area contributed by atoms with Crippen molar-refractivity contribution in [3.8, 4) is 11.1 Å². The number of rotatable bonds is 3. The van der Waals surface area contributed by atoms with Gasteiger partial charge in [-0.3, -0.25) is 0 Å². The Morgan fingerprint density at radius 2 is 1.80 bits per heavy atom. The van der Waals surface area contributed by atoms with Crippen molar-refractivity contribution >= 4 is 23.5 Å². The van der Waals surface area contributed by atoms with E-state index in [0.717, 1.165) is 19.4 Å². The van der Waals surface area contributed by atoms with Gasteiger partial charge in [0.25, 0.3) is 0 Å². The fraction of sp³-hybridized carbons (Fsp3) is 0.349. The molecule has 3 aliphatic heterocycles. The lowest BCUT2D eigenvalue weighted by molar-refractivity contribution is 0.210. The molecular formula is C43H43NS2. The van der Waals surface area contributed by atoms with Gasteiger partial charge >= 0.3 is 0 Å². The van der Waals surface area contributed by atoms with Crippen LogP contribution in [0.5, 0.6) is 0 Å². The van der Waals surface area contributed by atoms with Crippen LogP contribution >= 0.6 is 23.5 Å². The molecule has 2 aromatic rings. The zero-order valence-corrected chi connectivity index (χ0v) is 28.4. The van der Waals surface area contributed by atoms with E-state index in [1.807, 2.05) is 0 Å². The van der Waals surface area contributed by atoms with Crippen LogP contribution in [-0.2, 0) is 5.41 Å². The van der Waals surface area contributed by atoms with Crippen LogP contribution in [0.25, 0.3) is 11.1 Å². The van der Waals surface area contributed by atoms with Gasteiger partial charge in [-0.1, -0.05) is 109 Å². The van der Waals surface area contributed by atoms with Crippen LogP contribution in [0.2, 0.25) is 0 Å². The van der Waals surface area contributed by atoms with Crippen LogP contribution in [0, 0.1) is 11.8 Å². The Balaban J connectivity index is 1.16. The lowest BCUT2D eigenvalue weighted by atomic mass is 9.52. The minimum atomic E-state index is 0.00847. The van der Waals surface area contributed by atoms with Gasteiger partial charge in [-0.15, -0.1) is 23.5 Å². The number of hydrogen-bond donors (Lipinski definition) is 0. The molecule has 7 aliphatic rings. The first-order chi connectivity index (χ1) is 22.7. The maximum absolute atomic E-state index is 2.68. The highest BCUT2D eigenvalue weighted by Gasteiger charge is 2.60. The Morgan fingerprint density at radius 1 is 0.870 bits per heavy atom. The molecule has 2 aromatic carbocycles. The highest BCUT2D eigenvalue weighted by atomic mass is 32.2. The Hall–Kier alpha value is -2.98. The normalized spacial score (nSPS) is 33.1. The van der Waals surface area contributed by atoms with Crippen molar-refractivity contribution in [3.05, 3.63) is 149 Å². The first-order valence-electron chi connectivity index (χ1n) is 17.4. The summed E-state index contributed by atoms with van der Waals surface area (Å²) < 4.78 is 0. The van der Waals surface area contributed by atoms with Gasteiger partial charge in [0.1, 0.15) is 0 Å². The molecule has 0 aromatic heterocycles. The van der Waals surface area contributed by atoms with Crippen molar-refractivity contribution in [2.75, 3.05) is 20.1 Å². The van der Waals surface area contributed by atoms with Gasteiger partial charge < -0.3 is 4.90 Å². The predicted octanol–water partition coefficient (Wildman–Crippen LogP) is 10.4. The van der Waals surface area contributed by atoms with Gasteiger partial charge in [0.05, 0.1) is 0 Å². The molecule has 0 radical (unpaired) electrons. The fourth-order valence-electron chi connectivity index (χ4n) is 9.51. The zero-order valence-electron chi connectivity index (χ0n) is 26.8. The SMILES string of the molecule is CN1CCC=C(C2=CC(C3=CC4SC5C=CCCC5[C@]5(C6=CC=CCC6Sc6cc(-c7ccccc7)ccc65)C4C=C3)=CCC2)C1. The summed E-state index contributed by atoms with van der Waals surface area (Å²) in [5.74, 6) is 1.04. The Bertz CT molecular complexity index is 1800. The summed E-state index contributed by atoms with van der Waals surface area (Å²) in [6, 6.07) is 18.5. The van der Waals surface area contributed by atoms with Crippen LogP contribution in [-0.4, -0.2) is 40.8 Å². The van der Waals surface area contributed by atoms with E-state index in [4.69, 9.17) is 0 Å². The molecule has 0 bridgehead atoms. The summed E-state index contributed by atoms with van der Waals surface area (Å²) in [5, 5.41) is 1.48. The van der Waals surface area contributed by atoms with Gasteiger partial charge in [-0.25, -0.2) is 0 Å². The van der Waals surface area contributed by atoms with Crippen LogP contribution in [0.1, 0.15) is 44.1 Å². The molecule has 0 N–H and O–H groups in total. The van der Waals surface area contributed by atoms with Crippen LogP contribution in [0.3, 0.4) is 0 Å². The van der Waals surface area contributed by atoms with Gasteiger partial charge in [0.2, 0.25) is 0 Å². The van der Waals surface area contributed by atoms with E-state index in [0.29, 0.717) is 27.6 Å². The fourth-order valence-corrected chi connectivity index (χ4v) is 12.8. The third-order valence-electron chi connectivity index (χ3n) is 11.6. The summed E-state index contributed by atoms with van der Waals surface area (Å²) in [5.41, 5.74) is 11.9. The molecule has 3 heterocycles. The van der Waals surface area contributed by atoms with Crippen molar-refractivity contribution in [2.24, 2.45) is 11.8 Å². The second-order valence-corrected chi connectivity index (χ2v) is 16.8. The summed E-state index contributed by atoms with van der Waals surface area (Å²) in [6.07, 6.45) is 34.8. The average Bonchev–Trinajstić information content (AvgIpc) is 3.11. The largest absolute Gasteiger partial charge is 0.302 e. The van der Waals surface area contributed by atoms with Gasteiger partial charge in [-0.05, 0) is 102 Å². The van der Waals surface area contributed by atoms with E-state index in [-0.39, 0.29) is 5.41 Å². The average molecular weight is 638 g/mol. The molecule has 1 nitrogen and oxygen atoms in total. The zero-order chi connectivity index (χ0) is 30.7. The summed E-state index contributed by atoms with van der Waals surface area (Å²) >= 11 is 4.37. The third kappa shape index (κ3) is 4.80. The van der Waals surface area contributed by atoms with Crippen molar-refractivity contribution in [3.63, 3.8) is 0 Å². The van der Waals surface area contributed by atoms with E-state index in [1.165, 1.54) is 59.4 Å². The number of likely N-dealkylation sites (N-methyl/N-ethyl adjacent to an activating group) is 1. The first-order valence-corrected chi connectivity index (χ1v) is 19.3. The van der Waals surface area contributed by atoms with Crippen molar-refractivity contribution in [1.82, 2.24) is 4.90 Å². The molecule has 0 saturated carbocycles.